The Kier molecular flexibility index (Phi) is 2.44. The van der Waals surface area contributed by atoms with E-state index in [-0.39, 0.29) is 12.2 Å². The van der Waals surface area contributed by atoms with Crippen LogP contribution in [-0.2, 0) is 14.9 Å². The minimum absolute atomic E-state index is 0.0449. The van der Waals surface area contributed by atoms with Crippen LogP contribution in [0.2, 0.25) is 0 Å². The SMILES string of the molecule is O=C(O)C1(c2ccccc2F)CCOC1. The van der Waals surface area contributed by atoms with E-state index in [9.17, 15) is 14.3 Å². The van der Waals surface area contributed by atoms with Crippen LogP contribution in [0.5, 0.6) is 0 Å². The zero-order valence-electron chi connectivity index (χ0n) is 8.07. The van der Waals surface area contributed by atoms with Crippen molar-refractivity contribution < 1.29 is 19.0 Å². The number of rotatable bonds is 2. The number of aliphatic carboxylic acids is 1. The average molecular weight is 210 g/mol. The Labute approximate surface area is 86.5 Å². The van der Waals surface area contributed by atoms with E-state index in [1.165, 1.54) is 12.1 Å². The fourth-order valence-electron chi connectivity index (χ4n) is 1.91. The van der Waals surface area contributed by atoms with Crippen LogP contribution in [0.3, 0.4) is 0 Å². The molecular formula is C11H11FO3. The summed E-state index contributed by atoms with van der Waals surface area (Å²) in [5.41, 5.74) is -0.985. The van der Waals surface area contributed by atoms with E-state index in [1.807, 2.05) is 0 Å². The lowest BCUT2D eigenvalue weighted by Crippen LogP contribution is -2.37. The molecule has 1 N–H and O–H groups in total. The lowest BCUT2D eigenvalue weighted by Gasteiger charge is -2.22. The lowest BCUT2D eigenvalue weighted by molar-refractivity contribution is -0.144. The monoisotopic (exact) mass is 210 g/mol. The maximum atomic E-state index is 13.5. The second-order valence-electron chi connectivity index (χ2n) is 3.67. The number of hydrogen-bond donors (Lipinski definition) is 1. The standard InChI is InChI=1S/C11H11FO3/c12-9-4-2-1-3-8(9)11(10(13)14)5-6-15-7-11/h1-4H,5-7H2,(H,13,14). The van der Waals surface area contributed by atoms with Crippen molar-refractivity contribution >= 4 is 5.97 Å². The van der Waals surface area contributed by atoms with Crippen molar-refractivity contribution in [3.8, 4) is 0 Å². The molecule has 1 atom stereocenters. The minimum atomic E-state index is -1.20. The molecule has 0 amide bonds. The Morgan fingerprint density at radius 2 is 2.20 bits per heavy atom. The molecule has 1 saturated heterocycles. The third-order valence-corrected chi connectivity index (χ3v) is 2.82. The molecule has 0 bridgehead atoms. The van der Waals surface area contributed by atoms with Crippen molar-refractivity contribution in [2.75, 3.05) is 13.2 Å². The van der Waals surface area contributed by atoms with Crippen molar-refractivity contribution in [1.29, 1.82) is 0 Å². The first-order chi connectivity index (χ1) is 7.17. The van der Waals surface area contributed by atoms with E-state index in [0.29, 0.717) is 13.0 Å². The number of carbonyl (C=O) groups is 1. The van der Waals surface area contributed by atoms with E-state index in [0.717, 1.165) is 0 Å². The van der Waals surface area contributed by atoms with E-state index in [2.05, 4.69) is 0 Å². The quantitative estimate of drug-likeness (QED) is 0.805. The Balaban J connectivity index is 2.50. The minimum Gasteiger partial charge on any atom is -0.481 e. The van der Waals surface area contributed by atoms with Crippen LogP contribution >= 0.6 is 0 Å². The Morgan fingerprint density at radius 3 is 2.73 bits per heavy atom. The maximum absolute atomic E-state index is 13.5. The molecule has 1 fully saturated rings. The number of carboxylic acid groups (broad SMARTS) is 1. The van der Waals surface area contributed by atoms with Gasteiger partial charge in [-0.15, -0.1) is 0 Å². The van der Waals surface area contributed by atoms with Crippen LogP contribution in [0.15, 0.2) is 24.3 Å². The van der Waals surface area contributed by atoms with Crippen LogP contribution < -0.4 is 0 Å². The van der Waals surface area contributed by atoms with E-state index < -0.39 is 17.2 Å². The van der Waals surface area contributed by atoms with Gasteiger partial charge in [0.25, 0.3) is 0 Å². The normalized spacial score (nSPS) is 25.4. The second-order valence-corrected chi connectivity index (χ2v) is 3.67. The third kappa shape index (κ3) is 1.51. The zero-order chi connectivity index (χ0) is 10.9. The topological polar surface area (TPSA) is 46.5 Å². The first-order valence-electron chi connectivity index (χ1n) is 4.73. The molecule has 2 rings (SSSR count). The molecule has 80 valence electrons. The molecular weight excluding hydrogens is 199 g/mol. The van der Waals surface area contributed by atoms with Crippen LogP contribution in [0.25, 0.3) is 0 Å². The summed E-state index contributed by atoms with van der Waals surface area (Å²) in [5.74, 6) is -1.50. The van der Waals surface area contributed by atoms with Crippen molar-refractivity contribution in [3.05, 3.63) is 35.6 Å². The van der Waals surface area contributed by atoms with Gasteiger partial charge in [-0.3, -0.25) is 4.79 Å². The van der Waals surface area contributed by atoms with Gasteiger partial charge in [-0.25, -0.2) is 4.39 Å². The van der Waals surface area contributed by atoms with Gasteiger partial charge in [-0.1, -0.05) is 18.2 Å². The summed E-state index contributed by atoms with van der Waals surface area (Å²) in [5, 5.41) is 9.19. The molecule has 0 radical (unpaired) electrons. The van der Waals surface area contributed by atoms with Crippen LogP contribution in [0, 0.1) is 5.82 Å². The zero-order valence-corrected chi connectivity index (χ0v) is 8.07. The molecule has 1 unspecified atom stereocenters. The van der Waals surface area contributed by atoms with E-state index in [1.54, 1.807) is 12.1 Å². The Morgan fingerprint density at radius 1 is 1.47 bits per heavy atom. The molecule has 1 aliphatic rings. The van der Waals surface area contributed by atoms with Gasteiger partial charge >= 0.3 is 5.97 Å². The molecule has 1 aliphatic heterocycles. The molecule has 1 aromatic rings. The van der Waals surface area contributed by atoms with Gasteiger partial charge in [0.2, 0.25) is 0 Å². The fraction of sp³-hybridized carbons (Fsp3) is 0.364. The molecule has 0 aliphatic carbocycles. The number of hydrogen-bond acceptors (Lipinski definition) is 2. The van der Waals surface area contributed by atoms with Crippen LogP contribution in [-0.4, -0.2) is 24.3 Å². The first kappa shape index (κ1) is 10.1. The summed E-state index contributed by atoms with van der Waals surface area (Å²) in [7, 11) is 0. The number of carboxylic acids is 1. The third-order valence-electron chi connectivity index (χ3n) is 2.82. The summed E-state index contributed by atoms with van der Waals surface area (Å²) in [6.07, 6.45) is 0.323. The molecule has 0 spiro atoms. The Bertz CT molecular complexity index is 383. The highest BCUT2D eigenvalue weighted by molar-refractivity contribution is 5.82. The van der Waals surface area contributed by atoms with Gasteiger partial charge in [-0.2, -0.15) is 0 Å². The summed E-state index contributed by atoms with van der Waals surface area (Å²) < 4.78 is 18.6. The number of halogens is 1. The van der Waals surface area contributed by atoms with Gasteiger partial charge in [-0.05, 0) is 12.5 Å². The molecule has 1 heterocycles. The predicted molar refractivity (Wildman–Crippen MR) is 51.1 cm³/mol. The summed E-state index contributed by atoms with van der Waals surface area (Å²) in [6.45, 7) is 0.407. The van der Waals surface area contributed by atoms with Gasteiger partial charge in [0.05, 0.1) is 6.61 Å². The van der Waals surface area contributed by atoms with Gasteiger partial charge in [0.1, 0.15) is 11.2 Å². The van der Waals surface area contributed by atoms with Crippen LogP contribution in [0.4, 0.5) is 4.39 Å². The highest BCUT2D eigenvalue weighted by atomic mass is 19.1. The molecule has 0 saturated carbocycles. The predicted octanol–water partition coefficient (Wildman–Crippen LogP) is 1.57. The largest absolute Gasteiger partial charge is 0.481 e. The van der Waals surface area contributed by atoms with Crippen molar-refractivity contribution in [1.82, 2.24) is 0 Å². The van der Waals surface area contributed by atoms with Crippen molar-refractivity contribution in [3.63, 3.8) is 0 Å². The molecule has 0 aromatic heterocycles. The smallest absolute Gasteiger partial charge is 0.316 e. The fourth-order valence-corrected chi connectivity index (χ4v) is 1.91. The molecule has 1 aromatic carbocycles. The summed E-state index contributed by atoms with van der Waals surface area (Å²) in [4.78, 5) is 11.2. The van der Waals surface area contributed by atoms with E-state index in [4.69, 9.17) is 4.74 Å². The molecule has 4 heteroatoms. The number of benzene rings is 1. The molecule has 3 nitrogen and oxygen atoms in total. The highest BCUT2D eigenvalue weighted by Crippen LogP contribution is 2.34. The lowest BCUT2D eigenvalue weighted by atomic mass is 9.79. The average Bonchev–Trinajstić information content (AvgIpc) is 2.68. The van der Waals surface area contributed by atoms with Crippen LogP contribution in [0.1, 0.15) is 12.0 Å². The van der Waals surface area contributed by atoms with E-state index >= 15 is 0 Å². The van der Waals surface area contributed by atoms with Gasteiger partial charge < -0.3 is 9.84 Å². The Hall–Kier alpha value is -1.42. The second kappa shape index (κ2) is 3.62. The summed E-state index contributed by atoms with van der Waals surface area (Å²) in [6, 6.07) is 5.97. The maximum Gasteiger partial charge on any atom is 0.316 e. The van der Waals surface area contributed by atoms with Crippen molar-refractivity contribution in [2.45, 2.75) is 11.8 Å². The first-order valence-corrected chi connectivity index (χ1v) is 4.73. The number of ether oxygens (including phenoxy) is 1. The van der Waals surface area contributed by atoms with Gasteiger partial charge in [0, 0.05) is 12.2 Å². The molecule has 15 heavy (non-hydrogen) atoms. The highest BCUT2D eigenvalue weighted by Gasteiger charge is 2.45. The van der Waals surface area contributed by atoms with Gasteiger partial charge in [0.15, 0.2) is 0 Å². The summed E-state index contributed by atoms with van der Waals surface area (Å²) >= 11 is 0. The van der Waals surface area contributed by atoms with Crippen molar-refractivity contribution in [2.24, 2.45) is 0 Å².